The Bertz CT molecular complexity index is 607. The fourth-order valence-corrected chi connectivity index (χ4v) is 4.14. The molecule has 2 aliphatic rings. The van der Waals surface area contributed by atoms with E-state index in [1.54, 1.807) is 17.3 Å². The van der Waals surface area contributed by atoms with Crippen molar-refractivity contribution in [3.63, 3.8) is 0 Å². The van der Waals surface area contributed by atoms with Gasteiger partial charge in [-0.25, -0.2) is 0 Å². The molecule has 1 spiro atoms. The molecule has 0 aromatic carbocycles. The average molecular weight is 345 g/mol. The van der Waals surface area contributed by atoms with Gasteiger partial charge in [-0.3, -0.25) is 14.6 Å². The Morgan fingerprint density at radius 3 is 2.80 bits per heavy atom. The quantitative estimate of drug-likeness (QED) is 0.871. The molecule has 2 saturated heterocycles. The second-order valence-corrected chi connectivity index (χ2v) is 7.31. The number of aromatic nitrogens is 1. The standard InChI is InChI=1S/C19H27N3O3/c23-13-12-22-15-19(8-4-18(22)25)7-1-11-21(14-19)17(24)3-2-16-5-9-20-10-6-16/h5-6,9-10,23H,1-4,7-8,11-15H2/t19-/m0/s1. The molecule has 1 aromatic rings. The van der Waals surface area contributed by atoms with Crippen LogP contribution in [0.4, 0.5) is 0 Å². The van der Waals surface area contributed by atoms with E-state index in [-0.39, 0.29) is 23.8 Å². The normalized spacial score (nSPS) is 24.0. The number of likely N-dealkylation sites (tertiary alicyclic amines) is 2. The third-order valence-corrected chi connectivity index (χ3v) is 5.51. The molecule has 6 heteroatoms. The van der Waals surface area contributed by atoms with E-state index in [1.807, 2.05) is 17.0 Å². The van der Waals surface area contributed by atoms with Gasteiger partial charge in [0.1, 0.15) is 0 Å². The van der Waals surface area contributed by atoms with E-state index in [2.05, 4.69) is 4.98 Å². The van der Waals surface area contributed by atoms with Crippen LogP contribution in [0.1, 0.15) is 37.7 Å². The van der Waals surface area contributed by atoms with Gasteiger partial charge < -0.3 is 14.9 Å². The van der Waals surface area contributed by atoms with Gasteiger partial charge >= 0.3 is 0 Å². The third-order valence-electron chi connectivity index (χ3n) is 5.51. The minimum absolute atomic E-state index is 0.00357. The molecule has 3 rings (SSSR count). The van der Waals surface area contributed by atoms with Gasteiger partial charge in [-0.1, -0.05) is 0 Å². The van der Waals surface area contributed by atoms with Crippen molar-refractivity contribution in [2.75, 3.05) is 32.8 Å². The first-order valence-electron chi connectivity index (χ1n) is 9.17. The molecule has 3 heterocycles. The predicted molar refractivity (Wildman–Crippen MR) is 93.7 cm³/mol. The van der Waals surface area contributed by atoms with Crippen molar-refractivity contribution < 1.29 is 14.7 Å². The highest BCUT2D eigenvalue weighted by Gasteiger charge is 2.42. The number of hydrogen-bond acceptors (Lipinski definition) is 4. The summed E-state index contributed by atoms with van der Waals surface area (Å²) in [4.78, 5) is 32.4. The first-order chi connectivity index (χ1) is 12.1. The van der Waals surface area contributed by atoms with Crippen molar-refractivity contribution in [2.24, 2.45) is 5.41 Å². The Morgan fingerprint density at radius 2 is 2.04 bits per heavy atom. The van der Waals surface area contributed by atoms with E-state index in [4.69, 9.17) is 0 Å². The van der Waals surface area contributed by atoms with Crippen molar-refractivity contribution in [3.05, 3.63) is 30.1 Å². The van der Waals surface area contributed by atoms with Gasteiger partial charge in [0.15, 0.2) is 0 Å². The number of β-amino-alcohol motifs (C(OH)–C–C–N with tert-alkyl or cyclic N) is 1. The van der Waals surface area contributed by atoms with Gasteiger partial charge in [-0.05, 0) is 43.4 Å². The van der Waals surface area contributed by atoms with Crippen LogP contribution in [0.3, 0.4) is 0 Å². The van der Waals surface area contributed by atoms with Crippen molar-refractivity contribution in [3.8, 4) is 0 Å². The SMILES string of the molecule is O=C1CC[C@]2(CCCN(C(=O)CCc3ccncc3)C2)CN1CCO. The molecule has 0 unspecified atom stereocenters. The first-order valence-corrected chi connectivity index (χ1v) is 9.17. The summed E-state index contributed by atoms with van der Waals surface area (Å²) in [6, 6.07) is 3.90. The minimum atomic E-state index is -0.00357. The fraction of sp³-hybridized carbons (Fsp3) is 0.632. The smallest absolute Gasteiger partial charge is 0.222 e. The molecule has 136 valence electrons. The minimum Gasteiger partial charge on any atom is -0.395 e. The molecular weight excluding hydrogens is 318 g/mol. The highest BCUT2D eigenvalue weighted by molar-refractivity contribution is 5.78. The maximum atomic E-state index is 12.7. The molecule has 0 aliphatic carbocycles. The van der Waals surface area contributed by atoms with Crippen LogP contribution < -0.4 is 0 Å². The zero-order valence-corrected chi connectivity index (χ0v) is 14.7. The summed E-state index contributed by atoms with van der Waals surface area (Å²) < 4.78 is 0. The zero-order valence-electron chi connectivity index (χ0n) is 14.7. The number of nitrogens with zero attached hydrogens (tertiary/aromatic N) is 3. The number of amides is 2. The molecule has 1 N–H and O–H groups in total. The Morgan fingerprint density at radius 1 is 1.24 bits per heavy atom. The second kappa shape index (κ2) is 7.95. The number of aliphatic hydroxyl groups excluding tert-OH is 1. The van der Waals surface area contributed by atoms with E-state index in [9.17, 15) is 14.7 Å². The fourth-order valence-electron chi connectivity index (χ4n) is 4.14. The van der Waals surface area contributed by atoms with Crippen LogP contribution >= 0.6 is 0 Å². The Labute approximate surface area is 148 Å². The number of pyridine rings is 1. The van der Waals surface area contributed by atoms with Gasteiger partial charge in [0.25, 0.3) is 0 Å². The van der Waals surface area contributed by atoms with E-state index in [0.29, 0.717) is 25.9 Å². The lowest BCUT2D eigenvalue weighted by atomic mass is 9.73. The zero-order chi connectivity index (χ0) is 17.7. The van der Waals surface area contributed by atoms with Crippen molar-refractivity contribution in [1.29, 1.82) is 0 Å². The number of aryl methyl sites for hydroxylation is 1. The summed E-state index contributed by atoms with van der Waals surface area (Å²) in [5.41, 5.74) is 1.14. The number of rotatable bonds is 5. The van der Waals surface area contributed by atoms with E-state index >= 15 is 0 Å². The number of carbonyl (C=O) groups excluding carboxylic acids is 2. The Balaban J connectivity index is 1.58. The molecule has 0 radical (unpaired) electrons. The maximum absolute atomic E-state index is 12.7. The van der Waals surface area contributed by atoms with Crippen molar-refractivity contribution >= 4 is 11.8 Å². The van der Waals surface area contributed by atoms with Crippen molar-refractivity contribution in [1.82, 2.24) is 14.8 Å². The Hall–Kier alpha value is -1.95. The average Bonchev–Trinajstić information content (AvgIpc) is 2.64. The molecule has 2 amide bonds. The monoisotopic (exact) mass is 345 g/mol. The summed E-state index contributed by atoms with van der Waals surface area (Å²) in [7, 11) is 0. The number of hydrogen-bond donors (Lipinski definition) is 1. The largest absolute Gasteiger partial charge is 0.395 e. The van der Waals surface area contributed by atoms with Crippen LogP contribution in [-0.4, -0.2) is 64.5 Å². The van der Waals surface area contributed by atoms with E-state index in [0.717, 1.165) is 44.3 Å². The van der Waals surface area contributed by atoms with Crippen LogP contribution in [0.5, 0.6) is 0 Å². The Kier molecular flexibility index (Phi) is 5.68. The summed E-state index contributed by atoms with van der Waals surface area (Å²) in [5, 5.41) is 9.18. The van der Waals surface area contributed by atoms with Crippen LogP contribution in [-0.2, 0) is 16.0 Å². The van der Waals surface area contributed by atoms with Gasteiger partial charge in [0.05, 0.1) is 6.61 Å². The van der Waals surface area contributed by atoms with Crippen LogP contribution in [0, 0.1) is 5.41 Å². The first kappa shape index (κ1) is 17.9. The van der Waals surface area contributed by atoms with Crippen molar-refractivity contribution in [2.45, 2.75) is 38.5 Å². The van der Waals surface area contributed by atoms with Gasteiger partial charge in [-0.2, -0.15) is 0 Å². The number of carbonyl (C=O) groups is 2. The molecule has 0 saturated carbocycles. The van der Waals surface area contributed by atoms with E-state index < -0.39 is 0 Å². The molecule has 0 bridgehead atoms. The number of piperidine rings is 2. The van der Waals surface area contributed by atoms with Gasteiger partial charge in [0, 0.05) is 56.8 Å². The molecular formula is C19H27N3O3. The van der Waals surface area contributed by atoms with Crippen LogP contribution in [0.15, 0.2) is 24.5 Å². The molecule has 25 heavy (non-hydrogen) atoms. The number of aliphatic hydroxyl groups is 1. The van der Waals surface area contributed by atoms with Gasteiger partial charge in [0.2, 0.25) is 11.8 Å². The topological polar surface area (TPSA) is 73.7 Å². The maximum Gasteiger partial charge on any atom is 0.222 e. The highest BCUT2D eigenvalue weighted by Crippen LogP contribution is 2.39. The third kappa shape index (κ3) is 4.37. The summed E-state index contributed by atoms with van der Waals surface area (Å²) in [5.74, 6) is 0.322. The van der Waals surface area contributed by atoms with E-state index in [1.165, 1.54) is 0 Å². The summed E-state index contributed by atoms with van der Waals surface area (Å²) in [6.45, 7) is 2.61. The van der Waals surface area contributed by atoms with Gasteiger partial charge in [-0.15, -0.1) is 0 Å². The molecule has 1 aromatic heterocycles. The molecule has 2 fully saturated rings. The highest BCUT2D eigenvalue weighted by atomic mass is 16.3. The lowest BCUT2D eigenvalue weighted by molar-refractivity contribution is -0.143. The second-order valence-electron chi connectivity index (χ2n) is 7.31. The summed E-state index contributed by atoms with van der Waals surface area (Å²) in [6.07, 6.45) is 8.17. The lowest BCUT2D eigenvalue weighted by Crippen LogP contribution is -2.55. The molecule has 2 aliphatic heterocycles. The molecule has 1 atom stereocenters. The van der Waals surface area contributed by atoms with Crippen LogP contribution in [0.25, 0.3) is 0 Å². The lowest BCUT2D eigenvalue weighted by Gasteiger charge is -2.48. The molecule has 6 nitrogen and oxygen atoms in total. The predicted octanol–water partition coefficient (Wildman–Crippen LogP) is 1.24. The summed E-state index contributed by atoms with van der Waals surface area (Å²) >= 11 is 0. The van der Waals surface area contributed by atoms with Crippen LogP contribution in [0.2, 0.25) is 0 Å².